The third-order valence-corrected chi connectivity index (χ3v) is 3.75. The molecule has 9 heteroatoms. The van der Waals surface area contributed by atoms with Crippen LogP contribution in [-0.2, 0) is 11.3 Å². The largest absolute Gasteiger partial charge is 0.367 e. The summed E-state index contributed by atoms with van der Waals surface area (Å²) in [4.78, 5) is 7.72. The molecule has 0 fully saturated rings. The maximum absolute atomic E-state index is 12.5. The van der Waals surface area contributed by atoms with E-state index in [1.165, 1.54) is 0 Å². The van der Waals surface area contributed by atoms with Gasteiger partial charge in [0.25, 0.3) is 0 Å². The van der Waals surface area contributed by atoms with E-state index in [4.69, 9.17) is 11.6 Å². The summed E-state index contributed by atoms with van der Waals surface area (Å²) < 4.78 is 53.8. The molecule has 0 radical (unpaired) electrons. The lowest BCUT2D eigenvalue weighted by Gasteiger charge is -2.14. The van der Waals surface area contributed by atoms with Crippen LogP contribution in [0.4, 0.5) is 17.6 Å². The summed E-state index contributed by atoms with van der Waals surface area (Å²) in [5.41, 5.74) is 0.565. The third-order valence-electron chi connectivity index (χ3n) is 1.87. The number of alkyl halides is 4. The molecule has 1 aromatic rings. The molecule has 1 heterocycles. The number of rotatable bonds is 5. The van der Waals surface area contributed by atoms with E-state index in [1.807, 2.05) is 22.6 Å². The summed E-state index contributed by atoms with van der Waals surface area (Å²) in [5, 5.41) is 0.169. The SMILES string of the molecule is Cc1nc(COCC(F)(F)C(F)F)nc(Cl)c1I. The van der Waals surface area contributed by atoms with Gasteiger partial charge in [0.2, 0.25) is 0 Å². The first-order valence-electron chi connectivity index (χ1n) is 4.66. The fraction of sp³-hybridized carbons (Fsp3) is 0.556. The van der Waals surface area contributed by atoms with Crippen LogP contribution in [0.2, 0.25) is 5.15 Å². The summed E-state index contributed by atoms with van der Waals surface area (Å²) in [6, 6.07) is 0. The van der Waals surface area contributed by atoms with Crippen molar-refractivity contribution in [2.24, 2.45) is 0 Å². The van der Waals surface area contributed by atoms with Gasteiger partial charge < -0.3 is 4.74 Å². The minimum Gasteiger partial charge on any atom is -0.367 e. The van der Waals surface area contributed by atoms with E-state index in [9.17, 15) is 17.6 Å². The van der Waals surface area contributed by atoms with E-state index in [-0.39, 0.29) is 11.0 Å². The molecule has 18 heavy (non-hydrogen) atoms. The van der Waals surface area contributed by atoms with Crippen LogP contribution in [0.25, 0.3) is 0 Å². The first kappa shape index (κ1) is 15.8. The van der Waals surface area contributed by atoms with Gasteiger partial charge in [-0.25, -0.2) is 18.7 Å². The van der Waals surface area contributed by atoms with Gasteiger partial charge in [0.15, 0.2) is 5.82 Å². The number of hydrogen-bond acceptors (Lipinski definition) is 3. The predicted molar refractivity (Wildman–Crippen MR) is 65.1 cm³/mol. The molecule has 0 aromatic carbocycles. The number of aryl methyl sites for hydroxylation is 1. The van der Waals surface area contributed by atoms with Crippen molar-refractivity contribution in [2.45, 2.75) is 25.9 Å². The van der Waals surface area contributed by atoms with Crippen molar-refractivity contribution in [3.05, 3.63) is 20.2 Å². The minimum absolute atomic E-state index is 0.0722. The minimum atomic E-state index is -4.18. The number of halogens is 6. The molecule has 0 aliphatic carbocycles. The normalized spacial score (nSPS) is 12.2. The molecule has 0 saturated heterocycles. The lowest BCUT2D eigenvalue weighted by atomic mass is 10.4. The summed E-state index contributed by atoms with van der Waals surface area (Å²) >= 11 is 7.68. The Bertz CT molecular complexity index is 410. The van der Waals surface area contributed by atoms with Gasteiger partial charge in [0.1, 0.15) is 18.4 Å². The van der Waals surface area contributed by atoms with E-state index in [0.717, 1.165) is 0 Å². The van der Waals surface area contributed by atoms with Crippen molar-refractivity contribution in [1.29, 1.82) is 0 Å². The second-order valence-electron chi connectivity index (χ2n) is 3.38. The predicted octanol–water partition coefficient (Wildman–Crippen LogP) is 3.46. The van der Waals surface area contributed by atoms with Gasteiger partial charge in [0.05, 0.1) is 9.26 Å². The molecule has 0 N–H and O–H groups in total. The topological polar surface area (TPSA) is 35.0 Å². The van der Waals surface area contributed by atoms with E-state index in [0.29, 0.717) is 9.26 Å². The molecule has 1 aromatic heterocycles. The Morgan fingerprint density at radius 3 is 2.50 bits per heavy atom. The number of nitrogens with zero attached hydrogens (tertiary/aromatic N) is 2. The molecule has 0 spiro atoms. The second kappa shape index (κ2) is 6.29. The Labute approximate surface area is 119 Å². The van der Waals surface area contributed by atoms with Crippen LogP contribution in [0.15, 0.2) is 0 Å². The van der Waals surface area contributed by atoms with Gasteiger partial charge in [0, 0.05) is 0 Å². The summed E-state index contributed by atoms with van der Waals surface area (Å²) in [6.45, 7) is -0.136. The summed E-state index contributed by atoms with van der Waals surface area (Å²) in [7, 11) is 0. The molecule has 0 unspecified atom stereocenters. The Kier molecular flexibility index (Phi) is 5.53. The Balaban J connectivity index is 2.60. The summed E-state index contributed by atoms with van der Waals surface area (Å²) in [5.74, 6) is -4.11. The summed E-state index contributed by atoms with van der Waals surface area (Å²) in [6.07, 6.45) is -3.76. The van der Waals surface area contributed by atoms with Crippen LogP contribution < -0.4 is 0 Å². The first-order chi connectivity index (χ1) is 8.24. The Morgan fingerprint density at radius 1 is 1.39 bits per heavy atom. The maximum Gasteiger partial charge on any atom is 0.330 e. The lowest BCUT2D eigenvalue weighted by molar-refractivity contribution is -0.168. The van der Waals surface area contributed by atoms with Crippen molar-refractivity contribution < 1.29 is 22.3 Å². The average Bonchev–Trinajstić information content (AvgIpc) is 2.25. The highest BCUT2D eigenvalue weighted by Gasteiger charge is 2.41. The third kappa shape index (κ3) is 4.16. The van der Waals surface area contributed by atoms with Gasteiger partial charge in [-0.3, -0.25) is 0 Å². The Hall–Kier alpha value is -0.220. The highest BCUT2D eigenvalue weighted by molar-refractivity contribution is 14.1. The molecule has 0 bridgehead atoms. The van der Waals surface area contributed by atoms with Gasteiger partial charge >= 0.3 is 12.3 Å². The van der Waals surface area contributed by atoms with E-state index >= 15 is 0 Å². The quantitative estimate of drug-likeness (QED) is 0.433. The molecule has 3 nitrogen and oxygen atoms in total. The molecular formula is C9H8ClF4IN2O. The van der Waals surface area contributed by atoms with Gasteiger partial charge in [-0.2, -0.15) is 8.78 Å². The zero-order chi connectivity index (χ0) is 13.9. The van der Waals surface area contributed by atoms with E-state index < -0.39 is 25.6 Å². The van der Waals surface area contributed by atoms with Gasteiger partial charge in [-0.1, -0.05) is 11.6 Å². The first-order valence-corrected chi connectivity index (χ1v) is 6.12. The molecular weight excluding hydrogens is 390 g/mol. The van der Waals surface area contributed by atoms with Crippen LogP contribution in [-0.4, -0.2) is 28.9 Å². The average molecular weight is 399 g/mol. The molecule has 0 aliphatic heterocycles. The second-order valence-corrected chi connectivity index (χ2v) is 4.82. The van der Waals surface area contributed by atoms with Gasteiger partial charge in [-0.15, -0.1) is 0 Å². The number of aromatic nitrogens is 2. The molecule has 0 saturated carbocycles. The fourth-order valence-electron chi connectivity index (χ4n) is 0.985. The lowest BCUT2D eigenvalue weighted by Crippen LogP contribution is -2.32. The van der Waals surface area contributed by atoms with Crippen molar-refractivity contribution >= 4 is 34.2 Å². The molecule has 0 aliphatic rings. The van der Waals surface area contributed by atoms with Crippen LogP contribution in [0.3, 0.4) is 0 Å². The molecule has 0 atom stereocenters. The van der Waals surface area contributed by atoms with Crippen LogP contribution in [0, 0.1) is 10.5 Å². The maximum atomic E-state index is 12.5. The Morgan fingerprint density at radius 2 is 2.00 bits per heavy atom. The smallest absolute Gasteiger partial charge is 0.330 e. The van der Waals surface area contributed by atoms with Crippen molar-refractivity contribution in [3.8, 4) is 0 Å². The molecule has 1 rings (SSSR count). The van der Waals surface area contributed by atoms with Crippen LogP contribution >= 0.6 is 34.2 Å². The monoisotopic (exact) mass is 398 g/mol. The van der Waals surface area contributed by atoms with E-state index in [2.05, 4.69) is 14.7 Å². The van der Waals surface area contributed by atoms with Crippen LogP contribution in [0.1, 0.15) is 11.5 Å². The molecule has 102 valence electrons. The van der Waals surface area contributed by atoms with Gasteiger partial charge in [-0.05, 0) is 29.5 Å². The highest BCUT2D eigenvalue weighted by atomic mass is 127. The highest BCUT2D eigenvalue weighted by Crippen LogP contribution is 2.23. The zero-order valence-electron chi connectivity index (χ0n) is 9.06. The number of hydrogen-bond donors (Lipinski definition) is 0. The van der Waals surface area contributed by atoms with Crippen LogP contribution in [0.5, 0.6) is 0 Å². The van der Waals surface area contributed by atoms with Crippen molar-refractivity contribution in [2.75, 3.05) is 6.61 Å². The van der Waals surface area contributed by atoms with Crippen molar-refractivity contribution in [3.63, 3.8) is 0 Å². The molecule has 0 amide bonds. The fourth-order valence-corrected chi connectivity index (χ4v) is 1.46. The zero-order valence-corrected chi connectivity index (χ0v) is 12.0. The number of ether oxygens (including phenoxy) is 1. The van der Waals surface area contributed by atoms with Crippen molar-refractivity contribution in [1.82, 2.24) is 9.97 Å². The van der Waals surface area contributed by atoms with E-state index in [1.54, 1.807) is 6.92 Å². The standard InChI is InChI=1S/C9H8ClF4IN2O/c1-4-6(15)7(10)17-5(16-4)2-18-3-9(13,14)8(11)12/h8H,2-3H2,1H3.